The van der Waals surface area contributed by atoms with Crippen LogP contribution in [0.4, 0.5) is 0 Å². The Morgan fingerprint density at radius 1 is 1.38 bits per heavy atom. The van der Waals surface area contributed by atoms with E-state index in [0.717, 1.165) is 18.4 Å². The molecule has 1 saturated heterocycles. The van der Waals surface area contributed by atoms with Crippen LogP contribution in [0.1, 0.15) is 31.7 Å². The van der Waals surface area contributed by atoms with Crippen LogP contribution in [0.5, 0.6) is 0 Å². The van der Waals surface area contributed by atoms with Crippen molar-refractivity contribution in [1.82, 2.24) is 4.90 Å². The fraction of sp³-hybridized carbons (Fsp3) is 0.529. The summed E-state index contributed by atoms with van der Waals surface area (Å²) < 4.78 is 4.92. The van der Waals surface area contributed by atoms with Gasteiger partial charge in [-0.25, -0.2) is 4.79 Å². The van der Waals surface area contributed by atoms with Crippen molar-refractivity contribution in [3.8, 4) is 0 Å². The summed E-state index contributed by atoms with van der Waals surface area (Å²) in [5.74, 6) is 0.116. The van der Waals surface area contributed by atoms with Crippen molar-refractivity contribution in [2.45, 2.75) is 38.6 Å². The molecule has 1 fully saturated rings. The van der Waals surface area contributed by atoms with E-state index in [0.29, 0.717) is 25.3 Å². The molecule has 0 bridgehead atoms. The first-order chi connectivity index (χ1) is 10.1. The van der Waals surface area contributed by atoms with Crippen LogP contribution in [-0.4, -0.2) is 36.5 Å². The Hall–Kier alpha value is -1.84. The van der Waals surface area contributed by atoms with Gasteiger partial charge in [-0.05, 0) is 24.3 Å². The molecule has 21 heavy (non-hydrogen) atoms. The summed E-state index contributed by atoms with van der Waals surface area (Å²) >= 11 is 0. The van der Waals surface area contributed by atoms with Gasteiger partial charge in [0.1, 0.15) is 6.04 Å². The van der Waals surface area contributed by atoms with E-state index in [1.807, 2.05) is 30.3 Å². The summed E-state index contributed by atoms with van der Waals surface area (Å²) in [4.78, 5) is 26.2. The maximum absolute atomic E-state index is 12.4. The standard InChI is InChI=1S/C17H23NO3/c1-13-7-6-10-18(16(19)11-13)15(17(20)21-2)12-14-8-4-3-5-9-14/h3-5,8-9,13,15H,6-7,10-12H2,1-2H3/t13-,15+/m1/s1. The molecule has 4 nitrogen and oxygen atoms in total. The monoisotopic (exact) mass is 289 g/mol. The molecule has 1 aromatic rings. The van der Waals surface area contributed by atoms with E-state index in [9.17, 15) is 9.59 Å². The van der Waals surface area contributed by atoms with Gasteiger partial charge in [-0.3, -0.25) is 4.79 Å². The predicted molar refractivity (Wildman–Crippen MR) is 80.7 cm³/mol. The van der Waals surface area contributed by atoms with Crippen molar-refractivity contribution in [2.75, 3.05) is 13.7 Å². The number of nitrogens with zero attached hydrogens (tertiary/aromatic N) is 1. The first-order valence-electron chi connectivity index (χ1n) is 7.53. The van der Waals surface area contributed by atoms with Gasteiger partial charge in [0.2, 0.25) is 5.91 Å². The molecule has 2 rings (SSSR count). The highest BCUT2D eigenvalue weighted by molar-refractivity contribution is 5.85. The minimum Gasteiger partial charge on any atom is -0.467 e. The van der Waals surface area contributed by atoms with Gasteiger partial charge in [0.15, 0.2) is 0 Å². The number of rotatable bonds is 4. The van der Waals surface area contributed by atoms with Crippen LogP contribution in [0.3, 0.4) is 0 Å². The van der Waals surface area contributed by atoms with Gasteiger partial charge in [-0.1, -0.05) is 37.3 Å². The summed E-state index contributed by atoms with van der Waals surface area (Å²) in [5, 5.41) is 0. The Morgan fingerprint density at radius 3 is 2.76 bits per heavy atom. The summed E-state index contributed by atoms with van der Waals surface area (Å²) in [6, 6.07) is 9.25. The number of esters is 1. The maximum Gasteiger partial charge on any atom is 0.328 e. The second-order valence-electron chi connectivity index (χ2n) is 5.77. The number of amides is 1. The van der Waals surface area contributed by atoms with Crippen molar-refractivity contribution >= 4 is 11.9 Å². The summed E-state index contributed by atoms with van der Waals surface area (Å²) in [7, 11) is 1.38. The van der Waals surface area contributed by atoms with E-state index in [-0.39, 0.29) is 11.9 Å². The van der Waals surface area contributed by atoms with Crippen molar-refractivity contribution in [1.29, 1.82) is 0 Å². The first-order valence-corrected chi connectivity index (χ1v) is 7.53. The zero-order chi connectivity index (χ0) is 15.2. The highest BCUT2D eigenvalue weighted by Crippen LogP contribution is 2.21. The molecule has 0 N–H and O–H groups in total. The molecule has 1 aliphatic heterocycles. The number of benzene rings is 1. The van der Waals surface area contributed by atoms with E-state index in [4.69, 9.17) is 4.74 Å². The Bertz CT molecular complexity index is 486. The van der Waals surface area contributed by atoms with Gasteiger partial charge in [0.05, 0.1) is 7.11 Å². The lowest BCUT2D eigenvalue weighted by atomic mass is 10.0. The van der Waals surface area contributed by atoms with Gasteiger partial charge in [-0.15, -0.1) is 0 Å². The van der Waals surface area contributed by atoms with Crippen LogP contribution in [0.25, 0.3) is 0 Å². The fourth-order valence-electron chi connectivity index (χ4n) is 2.88. The summed E-state index contributed by atoms with van der Waals surface area (Å²) in [6.07, 6.45) is 2.99. The number of methoxy groups -OCH3 is 1. The van der Waals surface area contributed by atoms with Crippen LogP contribution in [0.2, 0.25) is 0 Å². The molecule has 0 aliphatic carbocycles. The number of ether oxygens (including phenoxy) is 1. The zero-order valence-corrected chi connectivity index (χ0v) is 12.7. The van der Waals surface area contributed by atoms with Crippen LogP contribution in [0, 0.1) is 5.92 Å². The van der Waals surface area contributed by atoms with E-state index in [1.165, 1.54) is 7.11 Å². The highest BCUT2D eigenvalue weighted by Gasteiger charge is 2.32. The number of likely N-dealkylation sites (tertiary alicyclic amines) is 1. The lowest BCUT2D eigenvalue weighted by molar-refractivity contribution is -0.152. The number of hydrogen-bond acceptors (Lipinski definition) is 3. The average molecular weight is 289 g/mol. The number of carbonyl (C=O) groups is 2. The van der Waals surface area contributed by atoms with Gasteiger partial charge < -0.3 is 9.64 Å². The van der Waals surface area contributed by atoms with Gasteiger partial charge >= 0.3 is 5.97 Å². The third-order valence-electron chi connectivity index (χ3n) is 4.06. The maximum atomic E-state index is 12.4. The largest absolute Gasteiger partial charge is 0.467 e. The molecule has 4 heteroatoms. The smallest absolute Gasteiger partial charge is 0.328 e. The molecule has 1 aliphatic rings. The fourth-order valence-corrected chi connectivity index (χ4v) is 2.88. The van der Waals surface area contributed by atoms with Crippen molar-refractivity contribution in [3.05, 3.63) is 35.9 Å². The third-order valence-corrected chi connectivity index (χ3v) is 4.06. The molecule has 1 amide bonds. The van der Waals surface area contributed by atoms with Crippen LogP contribution < -0.4 is 0 Å². The van der Waals surface area contributed by atoms with E-state index >= 15 is 0 Å². The second kappa shape index (κ2) is 7.25. The third kappa shape index (κ3) is 4.06. The van der Waals surface area contributed by atoms with E-state index in [1.54, 1.807) is 4.90 Å². The van der Waals surface area contributed by atoms with Crippen molar-refractivity contribution in [3.63, 3.8) is 0 Å². The molecule has 1 heterocycles. The second-order valence-corrected chi connectivity index (χ2v) is 5.77. The minimum atomic E-state index is -0.518. The van der Waals surface area contributed by atoms with Crippen LogP contribution in [-0.2, 0) is 20.7 Å². The number of carbonyl (C=O) groups excluding carboxylic acids is 2. The minimum absolute atomic E-state index is 0.0614. The summed E-state index contributed by atoms with van der Waals surface area (Å²) in [5.41, 5.74) is 1.04. The molecule has 0 saturated carbocycles. The van der Waals surface area contributed by atoms with Crippen LogP contribution in [0.15, 0.2) is 30.3 Å². The molecule has 0 radical (unpaired) electrons. The predicted octanol–water partition coefficient (Wildman–Crippen LogP) is 2.42. The van der Waals surface area contributed by atoms with Crippen molar-refractivity contribution in [2.24, 2.45) is 5.92 Å². The SMILES string of the molecule is COC(=O)[C@H](Cc1ccccc1)N1CCC[C@@H](C)CC1=O. The van der Waals surface area contributed by atoms with E-state index in [2.05, 4.69) is 6.92 Å². The lowest BCUT2D eigenvalue weighted by Gasteiger charge is -2.29. The topological polar surface area (TPSA) is 46.6 Å². The Kier molecular flexibility index (Phi) is 5.37. The molecule has 0 unspecified atom stereocenters. The Labute approximate surface area is 126 Å². The molecular weight excluding hydrogens is 266 g/mol. The Balaban J connectivity index is 2.18. The first kappa shape index (κ1) is 15.5. The lowest BCUT2D eigenvalue weighted by Crippen LogP contribution is -2.46. The van der Waals surface area contributed by atoms with Gasteiger partial charge in [0.25, 0.3) is 0 Å². The number of hydrogen-bond donors (Lipinski definition) is 0. The quantitative estimate of drug-likeness (QED) is 0.800. The average Bonchev–Trinajstić information content (AvgIpc) is 2.65. The van der Waals surface area contributed by atoms with Crippen molar-refractivity contribution < 1.29 is 14.3 Å². The molecule has 114 valence electrons. The highest BCUT2D eigenvalue weighted by atomic mass is 16.5. The Morgan fingerprint density at radius 2 is 2.10 bits per heavy atom. The molecule has 1 aromatic carbocycles. The molecule has 0 aromatic heterocycles. The molecule has 0 spiro atoms. The zero-order valence-electron chi connectivity index (χ0n) is 12.7. The van der Waals surface area contributed by atoms with Gasteiger partial charge in [0, 0.05) is 19.4 Å². The summed E-state index contributed by atoms with van der Waals surface area (Å²) in [6.45, 7) is 2.72. The molecular formula is C17H23NO3. The molecule has 2 atom stereocenters. The van der Waals surface area contributed by atoms with Gasteiger partial charge in [-0.2, -0.15) is 0 Å². The van der Waals surface area contributed by atoms with E-state index < -0.39 is 6.04 Å². The normalized spacial score (nSPS) is 20.8. The van der Waals surface area contributed by atoms with Crippen LogP contribution >= 0.6 is 0 Å².